The molecular weight excluding hydrogens is 135 g/mol. The van der Waals surface area contributed by atoms with Gasteiger partial charge in [0, 0.05) is 7.11 Å². The molecule has 11 heavy (non-hydrogen) atoms. The molecule has 0 aromatic rings. The van der Waals surface area contributed by atoms with E-state index in [1.165, 1.54) is 25.7 Å². The standard InChI is InChI=1S/C9H17BO/c1-3-7-6-8(11-2)4-5-9(7)10/h8H,3-6,10H2,1-2H3. The lowest BCUT2D eigenvalue weighted by Crippen LogP contribution is -2.17. The molecule has 0 saturated heterocycles. The molecule has 1 atom stereocenters. The SMILES string of the molecule is BC1=C(CC)CC(OC)CC1. The van der Waals surface area contributed by atoms with Gasteiger partial charge in [0.05, 0.1) is 6.10 Å². The number of rotatable bonds is 2. The maximum atomic E-state index is 5.34. The third kappa shape index (κ3) is 2.09. The van der Waals surface area contributed by atoms with Crippen LogP contribution < -0.4 is 0 Å². The zero-order valence-electron chi connectivity index (χ0n) is 7.81. The minimum absolute atomic E-state index is 0.494. The number of allylic oxidation sites excluding steroid dienone is 1. The van der Waals surface area contributed by atoms with Crippen LogP contribution in [0.2, 0.25) is 0 Å². The summed E-state index contributed by atoms with van der Waals surface area (Å²) in [7, 11) is 4.07. The van der Waals surface area contributed by atoms with Crippen LogP contribution >= 0.6 is 0 Å². The molecule has 62 valence electrons. The summed E-state index contributed by atoms with van der Waals surface area (Å²) in [5.74, 6) is 0. The predicted octanol–water partition coefficient (Wildman–Crippen LogP) is 1.48. The molecule has 1 unspecified atom stereocenters. The molecule has 2 heteroatoms. The normalized spacial score (nSPS) is 25.8. The molecule has 1 nitrogen and oxygen atoms in total. The lowest BCUT2D eigenvalue weighted by Gasteiger charge is -2.24. The Balaban J connectivity index is 2.58. The minimum atomic E-state index is 0.494. The van der Waals surface area contributed by atoms with E-state index in [4.69, 9.17) is 4.74 Å². The van der Waals surface area contributed by atoms with Crippen LogP contribution in [-0.2, 0) is 4.74 Å². The quantitative estimate of drug-likeness (QED) is 0.544. The lowest BCUT2D eigenvalue weighted by molar-refractivity contribution is 0.0913. The zero-order valence-corrected chi connectivity index (χ0v) is 7.81. The number of methoxy groups -OCH3 is 1. The number of ether oxygens (including phenoxy) is 1. The second-order valence-electron chi connectivity index (χ2n) is 3.34. The molecule has 1 aliphatic carbocycles. The van der Waals surface area contributed by atoms with Gasteiger partial charge in [-0.2, -0.15) is 0 Å². The molecule has 0 heterocycles. The van der Waals surface area contributed by atoms with Crippen molar-refractivity contribution in [1.29, 1.82) is 0 Å². The maximum absolute atomic E-state index is 5.34. The van der Waals surface area contributed by atoms with Crippen molar-refractivity contribution in [3.63, 3.8) is 0 Å². The summed E-state index contributed by atoms with van der Waals surface area (Å²) in [5, 5.41) is 0. The Hall–Kier alpha value is -0.235. The molecule has 0 amide bonds. The van der Waals surface area contributed by atoms with Crippen molar-refractivity contribution in [3.05, 3.63) is 11.0 Å². The predicted molar refractivity (Wildman–Crippen MR) is 50.5 cm³/mol. The summed E-state index contributed by atoms with van der Waals surface area (Å²) < 4.78 is 5.34. The van der Waals surface area contributed by atoms with E-state index < -0.39 is 0 Å². The van der Waals surface area contributed by atoms with Crippen LogP contribution in [0.25, 0.3) is 0 Å². The third-order valence-corrected chi connectivity index (χ3v) is 2.68. The first-order valence-corrected chi connectivity index (χ1v) is 4.48. The topological polar surface area (TPSA) is 9.23 Å². The van der Waals surface area contributed by atoms with Crippen LogP contribution in [0, 0.1) is 0 Å². The number of hydrogen-bond donors (Lipinski definition) is 0. The average Bonchev–Trinajstić information content (AvgIpc) is 2.05. The summed E-state index contributed by atoms with van der Waals surface area (Å²) in [6, 6.07) is 0. The van der Waals surface area contributed by atoms with Crippen molar-refractivity contribution in [2.45, 2.75) is 38.7 Å². The van der Waals surface area contributed by atoms with E-state index >= 15 is 0 Å². The van der Waals surface area contributed by atoms with Crippen LogP contribution in [0.1, 0.15) is 32.6 Å². The fraction of sp³-hybridized carbons (Fsp3) is 0.778. The van der Waals surface area contributed by atoms with Crippen LogP contribution in [0.5, 0.6) is 0 Å². The Morgan fingerprint density at radius 1 is 1.64 bits per heavy atom. The lowest BCUT2D eigenvalue weighted by atomic mass is 9.78. The van der Waals surface area contributed by atoms with Crippen LogP contribution in [0.4, 0.5) is 0 Å². The monoisotopic (exact) mass is 152 g/mol. The Kier molecular flexibility index (Phi) is 3.19. The van der Waals surface area contributed by atoms with Crippen molar-refractivity contribution in [2.24, 2.45) is 0 Å². The summed E-state index contributed by atoms with van der Waals surface area (Å²) in [5.41, 5.74) is 3.21. The van der Waals surface area contributed by atoms with E-state index in [-0.39, 0.29) is 0 Å². The Labute approximate surface area is 70.2 Å². The van der Waals surface area contributed by atoms with Crippen molar-refractivity contribution in [2.75, 3.05) is 7.11 Å². The molecule has 1 rings (SSSR count). The van der Waals surface area contributed by atoms with E-state index in [2.05, 4.69) is 14.8 Å². The third-order valence-electron chi connectivity index (χ3n) is 2.68. The first kappa shape index (κ1) is 8.86. The summed E-state index contributed by atoms with van der Waals surface area (Å²) in [6.07, 6.45) is 5.31. The van der Waals surface area contributed by atoms with E-state index in [9.17, 15) is 0 Å². The second-order valence-corrected chi connectivity index (χ2v) is 3.34. The highest BCUT2D eigenvalue weighted by Gasteiger charge is 2.16. The van der Waals surface area contributed by atoms with Crippen LogP contribution in [-0.4, -0.2) is 21.1 Å². The fourth-order valence-corrected chi connectivity index (χ4v) is 1.75. The molecule has 0 spiro atoms. The Morgan fingerprint density at radius 2 is 2.36 bits per heavy atom. The van der Waals surface area contributed by atoms with Gasteiger partial charge < -0.3 is 4.74 Å². The van der Waals surface area contributed by atoms with Gasteiger partial charge in [0.1, 0.15) is 7.85 Å². The molecule has 0 aliphatic heterocycles. The highest BCUT2D eigenvalue weighted by atomic mass is 16.5. The highest BCUT2D eigenvalue weighted by molar-refractivity contribution is 6.22. The van der Waals surface area contributed by atoms with Gasteiger partial charge in [-0.25, -0.2) is 0 Å². The van der Waals surface area contributed by atoms with Gasteiger partial charge in [0.15, 0.2) is 0 Å². The summed E-state index contributed by atoms with van der Waals surface area (Å²) >= 11 is 0. The van der Waals surface area contributed by atoms with Crippen molar-refractivity contribution >= 4 is 7.85 Å². The maximum Gasteiger partial charge on any atom is 0.133 e. The summed E-state index contributed by atoms with van der Waals surface area (Å²) in [6.45, 7) is 2.23. The second kappa shape index (κ2) is 3.96. The molecular formula is C9H17BO. The highest BCUT2D eigenvalue weighted by Crippen LogP contribution is 2.26. The molecule has 1 aliphatic rings. The fourth-order valence-electron chi connectivity index (χ4n) is 1.75. The molecule has 0 aromatic carbocycles. The van der Waals surface area contributed by atoms with E-state index in [1.807, 2.05) is 7.11 Å². The molecule has 0 fully saturated rings. The smallest absolute Gasteiger partial charge is 0.133 e. The van der Waals surface area contributed by atoms with Crippen LogP contribution in [0.15, 0.2) is 11.0 Å². The van der Waals surface area contributed by atoms with Gasteiger partial charge in [-0.1, -0.05) is 12.5 Å². The van der Waals surface area contributed by atoms with E-state index in [0.29, 0.717) is 6.10 Å². The first-order chi connectivity index (χ1) is 5.27. The van der Waals surface area contributed by atoms with Crippen molar-refractivity contribution < 1.29 is 4.74 Å². The average molecular weight is 152 g/mol. The minimum Gasteiger partial charge on any atom is -0.381 e. The summed E-state index contributed by atoms with van der Waals surface area (Å²) in [4.78, 5) is 0. The molecule has 0 N–H and O–H groups in total. The zero-order chi connectivity index (χ0) is 8.27. The van der Waals surface area contributed by atoms with E-state index in [0.717, 1.165) is 0 Å². The van der Waals surface area contributed by atoms with Gasteiger partial charge in [-0.05, 0) is 25.7 Å². The van der Waals surface area contributed by atoms with Gasteiger partial charge >= 0.3 is 0 Å². The Morgan fingerprint density at radius 3 is 2.91 bits per heavy atom. The molecule has 0 saturated carbocycles. The van der Waals surface area contributed by atoms with Gasteiger partial charge in [0.25, 0.3) is 0 Å². The largest absolute Gasteiger partial charge is 0.381 e. The number of hydrogen-bond acceptors (Lipinski definition) is 1. The molecule has 0 bridgehead atoms. The first-order valence-electron chi connectivity index (χ1n) is 4.48. The van der Waals surface area contributed by atoms with Gasteiger partial charge in [-0.15, -0.1) is 5.47 Å². The molecule has 0 radical (unpaired) electrons. The van der Waals surface area contributed by atoms with Crippen molar-refractivity contribution in [1.82, 2.24) is 0 Å². The van der Waals surface area contributed by atoms with Gasteiger partial charge in [-0.3, -0.25) is 0 Å². The van der Waals surface area contributed by atoms with E-state index in [1.54, 1.807) is 11.0 Å². The van der Waals surface area contributed by atoms with Crippen LogP contribution in [0.3, 0.4) is 0 Å². The van der Waals surface area contributed by atoms with Crippen molar-refractivity contribution in [3.8, 4) is 0 Å². The molecule has 0 aromatic heterocycles. The van der Waals surface area contributed by atoms with Gasteiger partial charge in [0.2, 0.25) is 0 Å². The Bertz CT molecular complexity index is 163.